The number of nitrogens with zero attached hydrogens (tertiary/aromatic N) is 3. The lowest BCUT2D eigenvalue weighted by atomic mass is 9.81. The Labute approximate surface area is 250 Å². The molecular weight excluding hydrogens is 540 g/mol. The molecular formula is C35H36N4O4. The molecule has 0 bridgehead atoms. The van der Waals surface area contributed by atoms with Gasteiger partial charge in [-0.1, -0.05) is 49.6 Å². The van der Waals surface area contributed by atoms with Gasteiger partial charge in [-0.2, -0.15) is 0 Å². The van der Waals surface area contributed by atoms with Crippen molar-refractivity contribution in [3.8, 4) is 17.0 Å². The van der Waals surface area contributed by atoms with Crippen LogP contribution in [0.1, 0.15) is 73.6 Å². The Morgan fingerprint density at radius 1 is 1.00 bits per heavy atom. The average molecular weight is 577 g/mol. The molecule has 0 spiro atoms. The molecule has 220 valence electrons. The second-order valence-corrected chi connectivity index (χ2v) is 12.3. The summed E-state index contributed by atoms with van der Waals surface area (Å²) in [6.07, 6.45) is 6.09. The second-order valence-electron chi connectivity index (χ2n) is 12.3. The zero-order valence-corrected chi connectivity index (χ0v) is 24.6. The molecule has 0 saturated heterocycles. The van der Waals surface area contributed by atoms with Crippen molar-refractivity contribution in [2.75, 3.05) is 6.61 Å². The summed E-state index contributed by atoms with van der Waals surface area (Å²) in [5.74, 6) is 0.672. The first kappa shape index (κ1) is 27.3. The van der Waals surface area contributed by atoms with E-state index in [0.717, 1.165) is 22.3 Å². The molecule has 43 heavy (non-hydrogen) atoms. The van der Waals surface area contributed by atoms with Crippen LogP contribution in [-0.2, 0) is 23.4 Å². The van der Waals surface area contributed by atoms with Crippen LogP contribution >= 0.6 is 0 Å². The number of carboxylic acids is 1. The molecule has 3 heterocycles. The highest BCUT2D eigenvalue weighted by molar-refractivity contribution is 6.01. The normalized spacial score (nSPS) is 15.5. The lowest BCUT2D eigenvalue weighted by Crippen LogP contribution is -2.43. The maximum Gasteiger partial charge on any atom is 0.323 e. The van der Waals surface area contributed by atoms with Gasteiger partial charge >= 0.3 is 5.97 Å². The van der Waals surface area contributed by atoms with Gasteiger partial charge in [-0.3, -0.25) is 9.59 Å². The van der Waals surface area contributed by atoms with Gasteiger partial charge in [0, 0.05) is 22.0 Å². The van der Waals surface area contributed by atoms with Crippen LogP contribution in [0, 0.1) is 0 Å². The maximum atomic E-state index is 13.9. The predicted octanol–water partition coefficient (Wildman–Crippen LogP) is 6.85. The SMILES string of the molecule is CC(C)(NC(=O)c1ccc2c(C3CCCCC3)c3n(c2c1)CCOc1ccccc1-3)c1nc2ccccc2n1CC(=O)O. The van der Waals surface area contributed by atoms with E-state index in [0.29, 0.717) is 36.0 Å². The predicted molar refractivity (Wildman–Crippen MR) is 167 cm³/mol. The first-order valence-corrected chi connectivity index (χ1v) is 15.2. The third-order valence-corrected chi connectivity index (χ3v) is 9.03. The van der Waals surface area contributed by atoms with E-state index in [2.05, 4.69) is 28.1 Å². The van der Waals surface area contributed by atoms with E-state index in [1.54, 1.807) is 4.57 Å². The number of carbonyl (C=O) groups excluding carboxylic acids is 1. The number of aromatic nitrogens is 3. The molecule has 3 aromatic carbocycles. The Balaban J connectivity index is 1.30. The van der Waals surface area contributed by atoms with Gasteiger partial charge in [-0.15, -0.1) is 0 Å². The van der Waals surface area contributed by atoms with Crippen molar-refractivity contribution in [1.29, 1.82) is 0 Å². The van der Waals surface area contributed by atoms with Crippen molar-refractivity contribution in [2.24, 2.45) is 0 Å². The number of aliphatic carboxylic acids is 1. The molecule has 1 aliphatic carbocycles. The number of carboxylic acid groups (broad SMARTS) is 1. The van der Waals surface area contributed by atoms with Crippen LogP contribution < -0.4 is 10.1 Å². The number of para-hydroxylation sites is 3. The molecule has 1 aliphatic heterocycles. The van der Waals surface area contributed by atoms with Gasteiger partial charge < -0.3 is 24.3 Å². The number of nitrogens with one attached hydrogen (secondary N) is 1. The number of ether oxygens (including phenoxy) is 1. The maximum absolute atomic E-state index is 13.9. The first-order valence-electron chi connectivity index (χ1n) is 15.2. The van der Waals surface area contributed by atoms with E-state index in [1.807, 2.05) is 62.4 Å². The summed E-state index contributed by atoms with van der Waals surface area (Å²) in [6.45, 7) is 4.73. The fraction of sp³-hybridized carbons (Fsp3) is 0.343. The Morgan fingerprint density at radius 3 is 2.58 bits per heavy atom. The Kier molecular flexibility index (Phi) is 6.72. The van der Waals surface area contributed by atoms with Gasteiger partial charge in [-0.05, 0) is 74.6 Å². The minimum absolute atomic E-state index is 0.235. The number of fused-ring (bicyclic) bond motifs is 6. The van der Waals surface area contributed by atoms with Gasteiger partial charge in [0.2, 0.25) is 0 Å². The zero-order valence-electron chi connectivity index (χ0n) is 24.6. The Morgan fingerprint density at radius 2 is 1.77 bits per heavy atom. The van der Waals surface area contributed by atoms with Crippen molar-refractivity contribution in [1.82, 2.24) is 19.4 Å². The van der Waals surface area contributed by atoms with Crippen LogP contribution in [0.2, 0.25) is 0 Å². The Hall–Kier alpha value is -4.59. The van der Waals surface area contributed by atoms with Crippen LogP contribution in [0.5, 0.6) is 5.75 Å². The number of benzene rings is 3. The molecule has 8 nitrogen and oxygen atoms in total. The summed E-state index contributed by atoms with van der Waals surface area (Å²) in [5.41, 5.74) is 5.78. The molecule has 2 aromatic heterocycles. The second kappa shape index (κ2) is 10.6. The van der Waals surface area contributed by atoms with Crippen molar-refractivity contribution in [3.05, 3.63) is 83.7 Å². The summed E-state index contributed by atoms with van der Waals surface area (Å²) >= 11 is 0. The molecule has 1 fully saturated rings. The minimum Gasteiger partial charge on any atom is -0.491 e. The van der Waals surface area contributed by atoms with Crippen molar-refractivity contribution in [2.45, 2.75) is 70.5 Å². The standard InChI is InChI=1S/C35H36N4O4/c1-35(2,34-36-26-13-7-8-14-27(26)39(34)21-30(40)41)37-33(42)23-16-17-24-28(20-23)38-18-19-43-29-15-9-6-12-25(29)32(38)31(24)22-10-4-3-5-11-22/h6-9,12-17,20,22H,3-5,10-11,18-19,21H2,1-2H3,(H,37,42)(H,40,41). The summed E-state index contributed by atoms with van der Waals surface area (Å²) in [7, 11) is 0. The highest BCUT2D eigenvalue weighted by Gasteiger charge is 2.32. The van der Waals surface area contributed by atoms with E-state index < -0.39 is 11.5 Å². The van der Waals surface area contributed by atoms with E-state index in [4.69, 9.17) is 9.72 Å². The zero-order chi connectivity index (χ0) is 29.7. The van der Waals surface area contributed by atoms with Gasteiger partial charge in [-0.25, -0.2) is 4.98 Å². The molecule has 0 radical (unpaired) electrons. The largest absolute Gasteiger partial charge is 0.491 e. The highest BCUT2D eigenvalue weighted by atomic mass is 16.5. The number of hydrogen-bond acceptors (Lipinski definition) is 4. The molecule has 0 unspecified atom stereocenters. The third-order valence-electron chi connectivity index (χ3n) is 9.03. The third kappa shape index (κ3) is 4.75. The molecule has 5 aromatic rings. The summed E-state index contributed by atoms with van der Waals surface area (Å²) < 4.78 is 10.2. The number of rotatable bonds is 6. The fourth-order valence-electron chi connectivity index (χ4n) is 7.14. The van der Waals surface area contributed by atoms with Crippen molar-refractivity contribution >= 4 is 33.8 Å². The van der Waals surface area contributed by atoms with Crippen molar-refractivity contribution < 1.29 is 19.4 Å². The van der Waals surface area contributed by atoms with E-state index in [-0.39, 0.29) is 12.5 Å². The molecule has 8 heteroatoms. The monoisotopic (exact) mass is 576 g/mol. The van der Waals surface area contributed by atoms with Gasteiger partial charge in [0.05, 0.1) is 28.8 Å². The summed E-state index contributed by atoms with van der Waals surface area (Å²) in [6, 6.07) is 21.8. The van der Waals surface area contributed by atoms with Gasteiger partial charge in [0.15, 0.2) is 0 Å². The number of amides is 1. The lowest BCUT2D eigenvalue weighted by Gasteiger charge is -2.26. The van der Waals surface area contributed by atoms with Crippen molar-refractivity contribution in [3.63, 3.8) is 0 Å². The molecule has 2 aliphatic rings. The smallest absolute Gasteiger partial charge is 0.323 e. The van der Waals surface area contributed by atoms with Gasteiger partial charge in [0.25, 0.3) is 5.91 Å². The van der Waals surface area contributed by atoms with Crippen LogP contribution in [0.25, 0.3) is 33.2 Å². The molecule has 0 atom stereocenters. The topological polar surface area (TPSA) is 98.4 Å². The van der Waals surface area contributed by atoms with Crippen LogP contribution in [-0.4, -0.2) is 37.7 Å². The van der Waals surface area contributed by atoms with E-state index in [1.165, 1.54) is 48.7 Å². The van der Waals surface area contributed by atoms with E-state index >= 15 is 0 Å². The Bertz CT molecular complexity index is 1880. The highest BCUT2D eigenvalue weighted by Crippen LogP contribution is 2.47. The molecule has 1 amide bonds. The van der Waals surface area contributed by atoms with E-state index in [9.17, 15) is 14.7 Å². The average Bonchev–Trinajstić information content (AvgIpc) is 3.46. The molecule has 7 rings (SSSR count). The quantitative estimate of drug-likeness (QED) is 0.230. The lowest BCUT2D eigenvalue weighted by molar-refractivity contribution is -0.137. The number of hydrogen-bond donors (Lipinski definition) is 2. The first-order chi connectivity index (χ1) is 20.8. The summed E-state index contributed by atoms with van der Waals surface area (Å²) in [5, 5.41) is 14.0. The van der Waals surface area contributed by atoms with Gasteiger partial charge in [0.1, 0.15) is 24.7 Å². The fourth-order valence-corrected chi connectivity index (χ4v) is 7.14. The number of imidazole rings is 1. The molecule has 2 N–H and O–H groups in total. The molecule has 1 saturated carbocycles. The van der Waals surface area contributed by atoms with Crippen LogP contribution in [0.4, 0.5) is 0 Å². The number of carbonyl (C=O) groups is 2. The van der Waals surface area contributed by atoms with Crippen LogP contribution in [0.3, 0.4) is 0 Å². The summed E-state index contributed by atoms with van der Waals surface area (Å²) in [4.78, 5) is 30.4. The minimum atomic E-state index is -0.967. The van der Waals surface area contributed by atoms with Crippen LogP contribution in [0.15, 0.2) is 66.7 Å².